The summed E-state index contributed by atoms with van der Waals surface area (Å²) in [4.78, 5) is 11.2. The smallest absolute Gasteiger partial charge is 0.323 e. The predicted octanol–water partition coefficient (Wildman–Crippen LogP) is 1.71. The maximum atomic E-state index is 11.2. The van der Waals surface area contributed by atoms with E-state index in [1.807, 2.05) is 0 Å². The van der Waals surface area contributed by atoms with Gasteiger partial charge in [0.2, 0.25) is 0 Å². The van der Waals surface area contributed by atoms with Crippen LogP contribution < -0.4 is 5.73 Å². The summed E-state index contributed by atoms with van der Waals surface area (Å²) in [5, 5.41) is 0. The monoisotopic (exact) mass is 273 g/mol. The molecule has 2 atom stereocenters. The molecule has 2 unspecified atom stereocenters. The van der Waals surface area contributed by atoms with Crippen LogP contribution in [-0.4, -0.2) is 42.3 Å². The highest BCUT2D eigenvalue weighted by atomic mass is 32.2. The van der Waals surface area contributed by atoms with Crippen LogP contribution in [-0.2, 0) is 14.3 Å². The molecule has 18 heavy (non-hydrogen) atoms. The number of thioether (sulfide) groups is 1. The summed E-state index contributed by atoms with van der Waals surface area (Å²) in [5.41, 5.74) is 5.90. The Morgan fingerprint density at radius 2 is 2.22 bits per heavy atom. The third kappa shape index (κ3) is 3.39. The molecule has 1 saturated carbocycles. The lowest BCUT2D eigenvalue weighted by molar-refractivity contribution is -0.141. The van der Waals surface area contributed by atoms with Crippen molar-refractivity contribution in [2.75, 3.05) is 18.6 Å². The van der Waals surface area contributed by atoms with E-state index in [-0.39, 0.29) is 11.6 Å². The molecule has 1 aliphatic heterocycles. The van der Waals surface area contributed by atoms with E-state index < -0.39 is 6.04 Å². The van der Waals surface area contributed by atoms with E-state index in [1.165, 1.54) is 39.2 Å². The van der Waals surface area contributed by atoms with Crippen LogP contribution in [0.1, 0.15) is 38.5 Å². The van der Waals surface area contributed by atoms with Gasteiger partial charge in [-0.25, -0.2) is 0 Å². The van der Waals surface area contributed by atoms with Gasteiger partial charge in [0.1, 0.15) is 6.04 Å². The normalized spacial score (nSPS) is 27.6. The van der Waals surface area contributed by atoms with E-state index in [9.17, 15) is 4.79 Å². The molecule has 104 valence electrons. The minimum Gasteiger partial charge on any atom is -0.468 e. The largest absolute Gasteiger partial charge is 0.468 e. The first-order valence-electron chi connectivity index (χ1n) is 6.74. The van der Waals surface area contributed by atoms with Crippen LogP contribution >= 0.6 is 11.8 Å². The van der Waals surface area contributed by atoms with Gasteiger partial charge in [-0.05, 0) is 25.7 Å². The number of esters is 1. The quantitative estimate of drug-likeness (QED) is 0.773. The average Bonchev–Trinajstić information content (AvgIpc) is 2.99. The predicted molar refractivity (Wildman–Crippen MR) is 72.6 cm³/mol. The van der Waals surface area contributed by atoms with Gasteiger partial charge in [0, 0.05) is 11.5 Å². The van der Waals surface area contributed by atoms with Crippen LogP contribution in [0.25, 0.3) is 0 Å². The van der Waals surface area contributed by atoms with Gasteiger partial charge in [-0.2, -0.15) is 11.8 Å². The minimum atomic E-state index is -0.512. The maximum Gasteiger partial charge on any atom is 0.323 e. The standard InChI is InChI=1S/C13H23NO3S/c1-16-12(15)11(14)9-18-8-10-4-7-13(17-10)5-2-3-6-13/h10-11H,2-9,14H2,1H3. The molecule has 0 aromatic heterocycles. The molecule has 4 nitrogen and oxygen atoms in total. The number of rotatable bonds is 5. The topological polar surface area (TPSA) is 61.5 Å². The van der Waals surface area contributed by atoms with Crippen LogP contribution in [0.15, 0.2) is 0 Å². The average molecular weight is 273 g/mol. The Morgan fingerprint density at radius 3 is 2.89 bits per heavy atom. The second kappa shape index (κ2) is 6.26. The third-order valence-electron chi connectivity index (χ3n) is 3.96. The summed E-state index contributed by atoms with van der Waals surface area (Å²) in [7, 11) is 1.37. The number of hydrogen-bond acceptors (Lipinski definition) is 5. The van der Waals surface area contributed by atoms with Gasteiger partial charge >= 0.3 is 5.97 Å². The molecular formula is C13H23NO3S. The number of ether oxygens (including phenoxy) is 2. The minimum absolute atomic E-state index is 0.204. The molecule has 5 heteroatoms. The van der Waals surface area contributed by atoms with Gasteiger partial charge in [0.05, 0.1) is 18.8 Å². The fraction of sp³-hybridized carbons (Fsp3) is 0.923. The van der Waals surface area contributed by atoms with Gasteiger partial charge in [0.15, 0.2) is 0 Å². The van der Waals surface area contributed by atoms with Gasteiger partial charge in [-0.3, -0.25) is 4.79 Å². The Balaban J connectivity index is 1.65. The highest BCUT2D eigenvalue weighted by Gasteiger charge is 2.41. The number of nitrogens with two attached hydrogens (primary N) is 1. The zero-order chi connectivity index (χ0) is 13.0. The maximum absolute atomic E-state index is 11.2. The zero-order valence-electron chi connectivity index (χ0n) is 11.0. The summed E-state index contributed by atoms with van der Waals surface area (Å²) in [6.45, 7) is 0. The van der Waals surface area contributed by atoms with E-state index in [0.717, 1.165) is 12.2 Å². The third-order valence-corrected chi connectivity index (χ3v) is 5.16. The SMILES string of the molecule is COC(=O)C(N)CSCC1CCC2(CCCC2)O1. The van der Waals surface area contributed by atoms with E-state index in [1.54, 1.807) is 11.8 Å². The Morgan fingerprint density at radius 1 is 1.50 bits per heavy atom. The van der Waals surface area contributed by atoms with Crippen molar-refractivity contribution in [3.05, 3.63) is 0 Å². The van der Waals surface area contributed by atoms with Crippen molar-refractivity contribution in [3.8, 4) is 0 Å². The molecule has 2 fully saturated rings. The molecule has 1 saturated heterocycles. The Bertz CT molecular complexity index is 292. The molecule has 1 aliphatic carbocycles. The van der Waals surface area contributed by atoms with Crippen LogP contribution in [0.3, 0.4) is 0 Å². The summed E-state index contributed by atoms with van der Waals surface area (Å²) >= 11 is 1.69. The van der Waals surface area contributed by atoms with Gasteiger partial charge in [0.25, 0.3) is 0 Å². The summed E-state index contributed by atoms with van der Waals surface area (Å²) in [6.07, 6.45) is 7.80. The Labute approximate surface area is 113 Å². The Hall–Kier alpha value is -0.260. The number of hydrogen-bond donors (Lipinski definition) is 1. The lowest BCUT2D eigenvalue weighted by Gasteiger charge is -2.23. The second-order valence-electron chi connectivity index (χ2n) is 5.34. The molecule has 0 aromatic carbocycles. The van der Waals surface area contributed by atoms with Crippen LogP contribution in [0.5, 0.6) is 0 Å². The summed E-state index contributed by atoms with van der Waals surface area (Å²) < 4.78 is 10.8. The highest BCUT2D eigenvalue weighted by molar-refractivity contribution is 7.99. The van der Waals surface area contributed by atoms with E-state index in [0.29, 0.717) is 11.9 Å². The molecule has 2 rings (SSSR count). The molecule has 1 spiro atoms. The first-order valence-corrected chi connectivity index (χ1v) is 7.90. The van der Waals surface area contributed by atoms with Gasteiger partial charge < -0.3 is 15.2 Å². The fourth-order valence-corrected chi connectivity index (χ4v) is 3.97. The highest BCUT2D eigenvalue weighted by Crippen LogP contribution is 2.43. The molecule has 0 amide bonds. The first kappa shape index (κ1) is 14.2. The van der Waals surface area contributed by atoms with Crippen molar-refractivity contribution < 1.29 is 14.3 Å². The molecule has 2 aliphatic rings. The molecule has 0 radical (unpaired) electrons. The van der Waals surface area contributed by atoms with Crippen molar-refractivity contribution in [2.24, 2.45) is 5.73 Å². The van der Waals surface area contributed by atoms with E-state index >= 15 is 0 Å². The summed E-state index contributed by atoms with van der Waals surface area (Å²) in [6, 6.07) is -0.512. The first-order chi connectivity index (χ1) is 8.65. The fourth-order valence-electron chi connectivity index (χ4n) is 2.95. The van der Waals surface area contributed by atoms with Crippen molar-refractivity contribution in [1.82, 2.24) is 0 Å². The number of carbonyl (C=O) groups excluding carboxylic acids is 1. The van der Waals surface area contributed by atoms with Gasteiger partial charge in [-0.15, -0.1) is 0 Å². The summed E-state index contributed by atoms with van der Waals surface area (Å²) in [5.74, 6) is 1.22. The van der Waals surface area contributed by atoms with Crippen LogP contribution in [0, 0.1) is 0 Å². The zero-order valence-corrected chi connectivity index (χ0v) is 11.8. The van der Waals surface area contributed by atoms with Crippen molar-refractivity contribution in [1.29, 1.82) is 0 Å². The van der Waals surface area contributed by atoms with Crippen LogP contribution in [0.4, 0.5) is 0 Å². The van der Waals surface area contributed by atoms with Crippen molar-refractivity contribution >= 4 is 17.7 Å². The number of carbonyl (C=O) groups is 1. The molecule has 2 N–H and O–H groups in total. The Kier molecular flexibility index (Phi) is 4.92. The lowest BCUT2D eigenvalue weighted by atomic mass is 9.98. The van der Waals surface area contributed by atoms with Crippen LogP contribution in [0.2, 0.25) is 0 Å². The number of methoxy groups -OCH3 is 1. The van der Waals surface area contributed by atoms with Gasteiger partial charge in [-0.1, -0.05) is 12.8 Å². The molecular weight excluding hydrogens is 250 g/mol. The van der Waals surface area contributed by atoms with E-state index in [4.69, 9.17) is 10.5 Å². The lowest BCUT2D eigenvalue weighted by Crippen LogP contribution is -2.34. The van der Waals surface area contributed by atoms with E-state index in [2.05, 4.69) is 4.74 Å². The second-order valence-corrected chi connectivity index (χ2v) is 6.41. The molecule has 0 bridgehead atoms. The molecule has 1 heterocycles. The van der Waals surface area contributed by atoms with Crippen molar-refractivity contribution in [3.63, 3.8) is 0 Å². The molecule has 0 aromatic rings. The van der Waals surface area contributed by atoms with Crippen molar-refractivity contribution in [2.45, 2.75) is 56.3 Å².